The first-order valence-electron chi connectivity index (χ1n) is 14.3. The topological polar surface area (TPSA) is 120 Å². The minimum absolute atomic E-state index is 0.0222. The molecule has 0 aliphatic rings. The molecule has 1 heterocycles. The summed E-state index contributed by atoms with van der Waals surface area (Å²) < 4.78 is 34.8. The van der Waals surface area contributed by atoms with E-state index in [0.717, 1.165) is 33.9 Å². The van der Waals surface area contributed by atoms with E-state index in [1.54, 1.807) is 31.2 Å². The fourth-order valence-electron chi connectivity index (χ4n) is 4.83. The van der Waals surface area contributed by atoms with Crippen molar-refractivity contribution in [3.8, 4) is 10.4 Å². The molecule has 0 aliphatic heterocycles. The number of thiophene rings is 1. The van der Waals surface area contributed by atoms with Crippen molar-refractivity contribution in [1.29, 1.82) is 0 Å². The van der Waals surface area contributed by atoms with Crippen molar-refractivity contribution in [3.05, 3.63) is 107 Å². The molecule has 3 N–H and O–H groups in total. The van der Waals surface area contributed by atoms with E-state index in [0.29, 0.717) is 34.8 Å². The second-order valence-electron chi connectivity index (χ2n) is 10.2. The highest BCUT2D eigenvalue weighted by molar-refractivity contribution is 7.20. The number of urea groups is 1. The quantitative estimate of drug-likeness (QED) is 0.134. The number of halogens is 2. The van der Waals surface area contributed by atoms with Crippen molar-refractivity contribution in [2.24, 2.45) is 0 Å². The summed E-state index contributed by atoms with van der Waals surface area (Å²) in [6, 6.07) is 19.2. The molecular formula is C33H34F2N4O6S. The summed E-state index contributed by atoms with van der Waals surface area (Å²) in [5.74, 6) is -3.08. The Bertz CT molecular complexity index is 1650. The number of carbonyl (C=O) groups excluding carboxylic acids is 2. The third-order valence-corrected chi connectivity index (χ3v) is 8.26. The zero-order valence-electron chi connectivity index (χ0n) is 25.5. The van der Waals surface area contributed by atoms with E-state index in [-0.39, 0.29) is 23.6 Å². The van der Waals surface area contributed by atoms with Gasteiger partial charge in [-0.15, -0.1) is 11.3 Å². The molecular weight excluding hydrogens is 618 g/mol. The maximum Gasteiger partial charge on any atom is 0.415 e. The number of carboxylic acid groups (broad SMARTS) is 1. The van der Waals surface area contributed by atoms with E-state index in [2.05, 4.69) is 15.6 Å². The van der Waals surface area contributed by atoms with Crippen LogP contribution in [0.2, 0.25) is 0 Å². The molecule has 0 fully saturated rings. The summed E-state index contributed by atoms with van der Waals surface area (Å²) in [5.41, 5.74) is 4.16. The van der Waals surface area contributed by atoms with Crippen molar-refractivity contribution in [2.75, 3.05) is 37.5 Å². The molecule has 3 amide bonds. The highest BCUT2D eigenvalue weighted by atomic mass is 32.1. The highest BCUT2D eigenvalue weighted by Crippen LogP contribution is 2.44. The minimum atomic E-state index is -1.31. The summed E-state index contributed by atoms with van der Waals surface area (Å²) >= 11 is 1.01. The average molecular weight is 653 g/mol. The van der Waals surface area contributed by atoms with Gasteiger partial charge in [0.25, 0.3) is 0 Å². The van der Waals surface area contributed by atoms with Crippen molar-refractivity contribution in [1.82, 2.24) is 10.4 Å². The van der Waals surface area contributed by atoms with Crippen LogP contribution in [0.25, 0.3) is 10.4 Å². The zero-order chi connectivity index (χ0) is 33.2. The molecule has 0 spiro atoms. The van der Waals surface area contributed by atoms with E-state index < -0.39 is 41.8 Å². The Morgan fingerprint density at radius 2 is 1.59 bits per heavy atom. The molecule has 13 heteroatoms. The van der Waals surface area contributed by atoms with Gasteiger partial charge in [-0.3, -0.25) is 9.74 Å². The maximum absolute atomic E-state index is 14.8. The number of carbonyl (C=O) groups is 3. The number of rotatable bonds is 13. The van der Waals surface area contributed by atoms with E-state index >= 15 is 0 Å². The average Bonchev–Trinajstić information content (AvgIpc) is 3.40. The number of hydroxylamine groups is 1. The predicted octanol–water partition coefficient (Wildman–Crippen LogP) is 6.91. The Kier molecular flexibility index (Phi) is 11.8. The largest absolute Gasteiger partial charge is 0.478 e. The summed E-state index contributed by atoms with van der Waals surface area (Å²) in [4.78, 5) is 46.3. The number of hydrogen-bond acceptors (Lipinski definition) is 7. The molecule has 0 bridgehead atoms. The molecule has 46 heavy (non-hydrogen) atoms. The summed E-state index contributed by atoms with van der Waals surface area (Å²) in [5, 5.41) is 13.1. The smallest absolute Gasteiger partial charge is 0.415 e. The number of likely N-dealkylation sites (N-methyl/N-ethyl adjacent to an activating group) is 1. The Hall–Kier alpha value is -4.85. The third-order valence-electron chi connectivity index (χ3n) is 6.95. The number of ether oxygens (including phenoxy) is 1. The van der Waals surface area contributed by atoms with Gasteiger partial charge in [0.2, 0.25) is 0 Å². The lowest BCUT2D eigenvalue weighted by Crippen LogP contribution is -2.32. The van der Waals surface area contributed by atoms with Crippen LogP contribution in [0.5, 0.6) is 0 Å². The lowest BCUT2D eigenvalue weighted by molar-refractivity contribution is 0.0696. The van der Waals surface area contributed by atoms with Gasteiger partial charge in [-0.2, -0.15) is 0 Å². The number of aromatic carboxylic acids is 1. The molecule has 0 unspecified atom stereocenters. The summed E-state index contributed by atoms with van der Waals surface area (Å²) in [6.45, 7) is 2.01. The van der Waals surface area contributed by atoms with Crippen molar-refractivity contribution in [2.45, 2.75) is 26.4 Å². The fourth-order valence-corrected chi connectivity index (χ4v) is 6.16. The van der Waals surface area contributed by atoms with Gasteiger partial charge in [-0.25, -0.2) is 28.6 Å². The Morgan fingerprint density at radius 1 is 0.913 bits per heavy atom. The van der Waals surface area contributed by atoms with Gasteiger partial charge < -0.3 is 20.1 Å². The van der Waals surface area contributed by atoms with Crippen LogP contribution < -0.4 is 15.7 Å². The number of anilines is 2. The second-order valence-corrected chi connectivity index (χ2v) is 11.2. The Morgan fingerprint density at radius 3 is 2.20 bits per heavy atom. The molecule has 0 radical (unpaired) electrons. The number of nitrogens with one attached hydrogen (secondary N) is 2. The van der Waals surface area contributed by atoms with Gasteiger partial charge >= 0.3 is 18.1 Å². The first-order valence-corrected chi connectivity index (χ1v) is 15.1. The normalized spacial score (nSPS) is 10.9. The van der Waals surface area contributed by atoms with Gasteiger partial charge in [-0.05, 0) is 61.3 Å². The number of carboxylic acids is 1. The summed E-state index contributed by atoms with van der Waals surface area (Å²) in [6.07, 6.45) is -0.672. The molecule has 4 rings (SSSR count). The molecule has 242 valence electrons. The van der Waals surface area contributed by atoms with Gasteiger partial charge in [0, 0.05) is 29.2 Å². The van der Waals surface area contributed by atoms with E-state index in [1.165, 1.54) is 13.2 Å². The van der Waals surface area contributed by atoms with Gasteiger partial charge in [0.05, 0.1) is 25.8 Å². The molecule has 0 saturated carbocycles. The Balaban J connectivity index is 1.80. The van der Waals surface area contributed by atoms with Crippen LogP contribution in [0.15, 0.2) is 72.8 Å². The van der Waals surface area contributed by atoms with Crippen LogP contribution in [-0.4, -0.2) is 55.4 Å². The first-order chi connectivity index (χ1) is 22.1. The lowest BCUT2D eigenvalue weighted by atomic mass is 10.0. The molecule has 3 aromatic carbocycles. The van der Waals surface area contributed by atoms with Crippen molar-refractivity contribution >= 4 is 40.1 Å². The molecule has 0 aliphatic carbocycles. The fraction of sp³-hybridized carbons (Fsp3) is 0.242. The Labute approximate surface area is 269 Å². The standard InChI is InChI=1S/C33H34F2N4O6S/c1-4-45-33(43)39(20-25-26(34)11-8-12-27(25)35)30-28(31(40)41)24(17-18-38(2)19-21-9-6-5-7-10-21)29(46-30)22-13-15-23(16-14-22)36-32(42)37-44-3/h5-16H,4,17-20H2,1-3H3,(H,40,41)(H2,36,37,42). The van der Waals surface area contributed by atoms with E-state index in [4.69, 9.17) is 4.74 Å². The number of hydrogen-bond donors (Lipinski definition) is 3. The predicted molar refractivity (Wildman–Crippen MR) is 172 cm³/mol. The van der Waals surface area contributed by atoms with Crippen LogP contribution >= 0.6 is 11.3 Å². The second kappa shape index (κ2) is 15.9. The number of amides is 3. The first kappa shape index (κ1) is 34.0. The van der Waals surface area contributed by atoms with Crippen molar-refractivity contribution in [3.63, 3.8) is 0 Å². The van der Waals surface area contributed by atoms with Crippen LogP contribution in [0.1, 0.15) is 34.0 Å². The molecule has 1 aromatic heterocycles. The summed E-state index contributed by atoms with van der Waals surface area (Å²) in [7, 11) is 3.22. The highest BCUT2D eigenvalue weighted by Gasteiger charge is 2.32. The van der Waals surface area contributed by atoms with E-state index in [9.17, 15) is 28.3 Å². The van der Waals surface area contributed by atoms with Crippen molar-refractivity contribution < 1.29 is 37.8 Å². The van der Waals surface area contributed by atoms with Gasteiger partial charge in [-0.1, -0.05) is 48.5 Å². The number of benzene rings is 3. The van der Waals surface area contributed by atoms with Crippen LogP contribution in [0, 0.1) is 11.6 Å². The monoisotopic (exact) mass is 652 g/mol. The minimum Gasteiger partial charge on any atom is -0.478 e. The van der Waals surface area contributed by atoms with E-state index in [1.807, 2.05) is 42.3 Å². The van der Waals surface area contributed by atoms with Crippen LogP contribution in [-0.2, 0) is 29.1 Å². The third kappa shape index (κ3) is 8.44. The number of nitrogens with zero attached hydrogens (tertiary/aromatic N) is 2. The zero-order valence-corrected chi connectivity index (χ0v) is 26.3. The lowest BCUT2D eigenvalue weighted by Gasteiger charge is -2.22. The molecule has 0 atom stereocenters. The van der Waals surface area contributed by atoms with Gasteiger partial charge in [0.1, 0.15) is 16.6 Å². The maximum atomic E-state index is 14.8. The SMILES string of the molecule is CCOC(=O)N(Cc1c(F)cccc1F)c1sc(-c2ccc(NC(=O)NOC)cc2)c(CCN(C)Cc2ccccc2)c1C(=O)O. The molecule has 10 nitrogen and oxygen atoms in total. The molecule has 4 aromatic rings. The van der Waals surface area contributed by atoms with Gasteiger partial charge in [0.15, 0.2) is 0 Å². The van der Waals surface area contributed by atoms with Crippen LogP contribution in [0.3, 0.4) is 0 Å². The van der Waals surface area contributed by atoms with Crippen LogP contribution in [0.4, 0.5) is 29.1 Å². The molecule has 0 saturated heterocycles.